The van der Waals surface area contributed by atoms with Gasteiger partial charge >= 0.3 is 0 Å². The predicted octanol–water partition coefficient (Wildman–Crippen LogP) is 0.195. The van der Waals surface area contributed by atoms with Gasteiger partial charge in [-0.15, -0.1) is 0 Å². The van der Waals surface area contributed by atoms with Gasteiger partial charge in [-0.2, -0.15) is 0 Å². The number of likely N-dealkylation sites (N-methyl/N-ethyl adjacent to an activating group) is 1. The molecule has 2 heterocycles. The van der Waals surface area contributed by atoms with E-state index in [4.69, 9.17) is 0 Å². The third-order valence-corrected chi connectivity index (χ3v) is 4.00. The summed E-state index contributed by atoms with van der Waals surface area (Å²) in [6.07, 6.45) is 3.43. The molecule has 0 saturated carbocycles. The number of hydrogen-bond donors (Lipinski definition) is 2. The van der Waals surface area contributed by atoms with Gasteiger partial charge in [0, 0.05) is 19.6 Å². The van der Waals surface area contributed by atoms with Crippen molar-refractivity contribution in [3.63, 3.8) is 0 Å². The van der Waals surface area contributed by atoms with Gasteiger partial charge in [-0.05, 0) is 31.8 Å². The summed E-state index contributed by atoms with van der Waals surface area (Å²) >= 11 is 0. The Balaban J connectivity index is 2.06. The fourth-order valence-corrected chi connectivity index (χ4v) is 3.04. The monoisotopic (exact) mass is 225 g/mol. The molecule has 0 aliphatic carbocycles. The first-order chi connectivity index (χ1) is 7.74. The van der Waals surface area contributed by atoms with Crippen LogP contribution in [0.15, 0.2) is 0 Å². The lowest BCUT2D eigenvalue weighted by molar-refractivity contribution is -0.128. The highest BCUT2D eigenvalue weighted by atomic mass is 16.2. The molecule has 2 rings (SSSR count). The molecule has 2 aliphatic rings. The van der Waals surface area contributed by atoms with Gasteiger partial charge in [0.2, 0.25) is 5.91 Å². The van der Waals surface area contributed by atoms with Gasteiger partial charge < -0.3 is 10.6 Å². The normalized spacial score (nSPS) is 36.2. The quantitative estimate of drug-likeness (QED) is 0.705. The first kappa shape index (κ1) is 11.9. The Morgan fingerprint density at radius 1 is 1.38 bits per heavy atom. The van der Waals surface area contributed by atoms with Gasteiger partial charge in [-0.25, -0.2) is 0 Å². The molecule has 2 fully saturated rings. The molecule has 3 unspecified atom stereocenters. The first-order valence-corrected chi connectivity index (χ1v) is 6.42. The Morgan fingerprint density at radius 2 is 2.19 bits per heavy atom. The maximum absolute atomic E-state index is 11.9. The number of nitrogens with one attached hydrogen (secondary N) is 2. The minimum absolute atomic E-state index is 0.103. The number of rotatable bonds is 2. The minimum Gasteiger partial charge on any atom is -0.358 e. The molecule has 0 aromatic rings. The molecule has 3 atom stereocenters. The van der Waals surface area contributed by atoms with E-state index in [1.54, 1.807) is 7.05 Å². The second-order valence-electron chi connectivity index (χ2n) is 5.07. The lowest BCUT2D eigenvalue weighted by Gasteiger charge is -2.40. The second-order valence-corrected chi connectivity index (χ2v) is 5.07. The fourth-order valence-electron chi connectivity index (χ4n) is 3.04. The average molecular weight is 225 g/mol. The van der Waals surface area contributed by atoms with E-state index < -0.39 is 0 Å². The molecule has 0 aromatic carbocycles. The Hall–Kier alpha value is -0.610. The summed E-state index contributed by atoms with van der Waals surface area (Å²) in [6.45, 7) is 5.48. The van der Waals surface area contributed by atoms with Crippen molar-refractivity contribution in [1.82, 2.24) is 15.5 Å². The molecule has 2 N–H and O–H groups in total. The van der Waals surface area contributed by atoms with Crippen LogP contribution in [-0.2, 0) is 4.79 Å². The summed E-state index contributed by atoms with van der Waals surface area (Å²) in [5, 5.41) is 6.23. The van der Waals surface area contributed by atoms with Crippen LogP contribution in [-0.4, -0.2) is 49.6 Å². The molecule has 2 saturated heterocycles. The number of hydrogen-bond acceptors (Lipinski definition) is 3. The van der Waals surface area contributed by atoms with Crippen LogP contribution in [0.2, 0.25) is 0 Å². The van der Waals surface area contributed by atoms with Gasteiger partial charge in [-0.1, -0.05) is 13.3 Å². The Bertz CT molecular complexity index is 257. The number of amides is 1. The third kappa shape index (κ3) is 2.23. The molecular formula is C12H23N3O. The molecule has 1 amide bonds. The molecular weight excluding hydrogens is 202 g/mol. The highest BCUT2D eigenvalue weighted by Crippen LogP contribution is 2.25. The number of piperidine rings is 1. The van der Waals surface area contributed by atoms with Crippen molar-refractivity contribution < 1.29 is 4.79 Å². The highest BCUT2D eigenvalue weighted by molar-refractivity contribution is 5.81. The molecule has 0 bridgehead atoms. The highest BCUT2D eigenvalue weighted by Gasteiger charge is 2.37. The van der Waals surface area contributed by atoms with Crippen LogP contribution in [0.3, 0.4) is 0 Å². The van der Waals surface area contributed by atoms with Crippen LogP contribution >= 0.6 is 0 Å². The number of nitrogens with zero attached hydrogens (tertiary/aromatic N) is 1. The Kier molecular flexibility index (Phi) is 3.82. The molecule has 2 aliphatic heterocycles. The number of carbonyl (C=O) groups excluding carboxylic acids is 1. The average Bonchev–Trinajstić information content (AvgIpc) is 2.74. The largest absolute Gasteiger partial charge is 0.358 e. The topological polar surface area (TPSA) is 44.4 Å². The molecule has 4 heteroatoms. The molecule has 0 radical (unpaired) electrons. The lowest BCUT2D eigenvalue weighted by atomic mass is 9.95. The van der Waals surface area contributed by atoms with E-state index in [9.17, 15) is 4.79 Å². The number of likely N-dealkylation sites (tertiary alicyclic amines) is 1. The van der Waals surface area contributed by atoms with Crippen LogP contribution < -0.4 is 10.6 Å². The summed E-state index contributed by atoms with van der Waals surface area (Å²) in [6, 6.07) is 0.647. The zero-order chi connectivity index (χ0) is 11.5. The van der Waals surface area contributed by atoms with Crippen molar-refractivity contribution in [2.24, 2.45) is 5.92 Å². The maximum atomic E-state index is 11.9. The minimum atomic E-state index is 0.103. The Labute approximate surface area is 97.8 Å². The van der Waals surface area contributed by atoms with Crippen molar-refractivity contribution >= 4 is 5.91 Å². The fraction of sp³-hybridized carbons (Fsp3) is 0.917. The van der Waals surface area contributed by atoms with E-state index in [1.807, 2.05) is 0 Å². The van der Waals surface area contributed by atoms with E-state index >= 15 is 0 Å². The smallest absolute Gasteiger partial charge is 0.237 e. The van der Waals surface area contributed by atoms with Crippen molar-refractivity contribution in [3.8, 4) is 0 Å². The standard InChI is InChI=1S/C12H23N3O/c1-9-7-14-8-11(9)15-6-4-3-5-10(15)12(16)13-2/h9-11,14H,3-8H2,1-2H3,(H,13,16). The molecule has 0 aromatic heterocycles. The van der Waals surface area contributed by atoms with E-state index in [0.717, 1.165) is 26.1 Å². The van der Waals surface area contributed by atoms with Crippen molar-refractivity contribution in [2.45, 2.75) is 38.3 Å². The zero-order valence-electron chi connectivity index (χ0n) is 10.3. The van der Waals surface area contributed by atoms with Crippen molar-refractivity contribution in [1.29, 1.82) is 0 Å². The SMILES string of the molecule is CNC(=O)C1CCCCN1C1CNCC1C. The summed E-state index contributed by atoms with van der Waals surface area (Å²) in [7, 11) is 1.74. The van der Waals surface area contributed by atoms with Gasteiger partial charge in [0.15, 0.2) is 0 Å². The molecule has 4 nitrogen and oxygen atoms in total. The molecule has 0 spiro atoms. The summed E-state index contributed by atoms with van der Waals surface area (Å²) in [5.74, 6) is 0.851. The summed E-state index contributed by atoms with van der Waals surface area (Å²) < 4.78 is 0. The Morgan fingerprint density at radius 3 is 2.81 bits per heavy atom. The van der Waals surface area contributed by atoms with E-state index in [-0.39, 0.29) is 11.9 Å². The van der Waals surface area contributed by atoms with Crippen molar-refractivity contribution in [3.05, 3.63) is 0 Å². The van der Waals surface area contributed by atoms with E-state index in [1.165, 1.54) is 12.8 Å². The lowest BCUT2D eigenvalue weighted by Crippen LogP contribution is -2.54. The van der Waals surface area contributed by atoms with Gasteiger partial charge in [0.25, 0.3) is 0 Å². The number of carbonyl (C=O) groups is 1. The van der Waals surface area contributed by atoms with E-state index in [2.05, 4.69) is 22.5 Å². The van der Waals surface area contributed by atoms with Gasteiger partial charge in [0.1, 0.15) is 0 Å². The summed E-state index contributed by atoms with van der Waals surface area (Å²) in [4.78, 5) is 14.3. The van der Waals surface area contributed by atoms with Crippen LogP contribution in [0.1, 0.15) is 26.2 Å². The van der Waals surface area contributed by atoms with Crippen LogP contribution in [0.4, 0.5) is 0 Å². The predicted molar refractivity (Wildman–Crippen MR) is 64.2 cm³/mol. The van der Waals surface area contributed by atoms with Gasteiger partial charge in [0.05, 0.1) is 6.04 Å². The van der Waals surface area contributed by atoms with Gasteiger partial charge in [-0.3, -0.25) is 9.69 Å². The summed E-state index contributed by atoms with van der Waals surface area (Å²) in [5.41, 5.74) is 0. The third-order valence-electron chi connectivity index (χ3n) is 4.00. The second kappa shape index (κ2) is 5.15. The maximum Gasteiger partial charge on any atom is 0.237 e. The molecule has 16 heavy (non-hydrogen) atoms. The van der Waals surface area contributed by atoms with Crippen LogP contribution in [0.25, 0.3) is 0 Å². The first-order valence-electron chi connectivity index (χ1n) is 6.42. The molecule has 92 valence electrons. The van der Waals surface area contributed by atoms with Crippen molar-refractivity contribution in [2.75, 3.05) is 26.7 Å². The van der Waals surface area contributed by atoms with Crippen LogP contribution in [0.5, 0.6) is 0 Å². The van der Waals surface area contributed by atoms with Crippen LogP contribution in [0, 0.1) is 5.92 Å². The zero-order valence-corrected chi connectivity index (χ0v) is 10.3. The van der Waals surface area contributed by atoms with E-state index in [0.29, 0.717) is 12.0 Å².